The number of nitrogens with zero attached hydrogens (tertiary/aromatic N) is 3. The van der Waals surface area contributed by atoms with E-state index in [0.717, 1.165) is 27.6 Å². The summed E-state index contributed by atoms with van der Waals surface area (Å²) in [5, 5.41) is 10.5. The molecule has 104 valence electrons. The van der Waals surface area contributed by atoms with Crippen LogP contribution in [0.5, 0.6) is 5.75 Å². The molecule has 1 aromatic carbocycles. The number of aromatic nitrogens is 3. The summed E-state index contributed by atoms with van der Waals surface area (Å²) in [4.78, 5) is 2.33. The molecule has 1 heterocycles. The van der Waals surface area contributed by atoms with Crippen molar-refractivity contribution < 1.29 is 4.74 Å². The minimum atomic E-state index is 0.751. The van der Waals surface area contributed by atoms with Crippen LogP contribution in [-0.4, -0.2) is 22.1 Å². The quantitative estimate of drug-likeness (QED) is 0.916. The van der Waals surface area contributed by atoms with E-state index in [4.69, 9.17) is 10.5 Å². The van der Waals surface area contributed by atoms with E-state index in [1.165, 1.54) is 22.8 Å². The van der Waals surface area contributed by atoms with Gasteiger partial charge in [0, 0.05) is 23.7 Å². The smallest absolute Gasteiger partial charge is 0.127 e. The Morgan fingerprint density at radius 1 is 1.35 bits per heavy atom. The SMILES string of the molecule is C=C(S/C=C\N)c1nn(C)nc1-c1ccc(OC)cc1. The highest BCUT2D eigenvalue weighted by atomic mass is 32.2. The molecule has 2 N–H and O–H groups in total. The van der Waals surface area contributed by atoms with Gasteiger partial charge in [0.1, 0.15) is 17.1 Å². The van der Waals surface area contributed by atoms with E-state index in [2.05, 4.69) is 16.8 Å². The number of thioether (sulfide) groups is 1. The van der Waals surface area contributed by atoms with Crippen LogP contribution in [0.4, 0.5) is 0 Å². The third-order valence-electron chi connectivity index (χ3n) is 2.63. The van der Waals surface area contributed by atoms with Crippen molar-refractivity contribution in [3.8, 4) is 17.0 Å². The predicted octanol–water partition coefficient (Wildman–Crippen LogP) is 2.62. The summed E-state index contributed by atoms with van der Waals surface area (Å²) in [6.45, 7) is 4.01. The van der Waals surface area contributed by atoms with Crippen LogP contribution in [0.15, 0.2) is 42.5 Å². The molecule has 6 heteroatoms. The van der Waals surface area contributed by atoms with Crippen LogP contribution in [0, 0.1) is 0 Å². The molecular formula is C14H16N4OS. The summed E-state index contributed by atoms with van der Waals surface area (Å²) in [5.41, 5.74) is 7.85. The lowest BCUT2D eigenvalue weighted by molar-refractivity contribution is 0.415. The number of ether oxygens (including phenoxy) is 1. The maximum atomic E-state index is 5.34. The fourth-order valence-corrected chi connectivity index (χ4v) is 2.21. The standard InChI is InChI=1S/C14H16N4OS/c1-10(20-9-8-15)13-14(17-18(2)16-13)11-4-6-12(19-3)7-5-11/h4-9H,1,15H2,2-3H3/b9-8-. The predicted molar refractivity (Wildman–Crippen MR) is 82.9 cm³/mol. The summed E-state index contributed by atoms with van der Waals surface area (Å²) in [5.74, 6) is 0.804. The van der Waals surface area contributed by atoms with E-state index >= 15 is 0 Å². The number of rotatable bonds is 5. The highest BCUT2D eigenvalue weighted by Gasteiger charge is 2.14. The number of hydrogen-bond donors (Lipinski definition) is 1. The van der Waals surface area contributed by atoms with Crippen LogP contribution in [0.2, 0.25) is 0 Å². The zero-order valence-corrected chi connectivity index (χ0v) is 12.2. The molecule has 0 fully saturated rings. The van der Waals surface area contributed by atoms with Crippen LogP contribution < -0.4 is 10.5 Å². The Kier molecular flexibility index (Phi) is 4.47. The Balaban J connectivity index is 2.37. The van der Waals surface area contributed by atoms with Gasteiger partial charge in [-0.2, -0.15) is 15.0 Å². The molecule has 0 unspecified atom stereocenters. The molecule has 0 bridgehead atoms. The molecule has 0 radical (unpaired) electrons. The monoisotopic (exact) mass is 288 g/mol. The first-order valence-electron chi connectivity index (χ1n) is 5.94. The van der Waals surface area contributed by atoms with Crippen molar-refractivity contribution >= 4 is 16.7 Å². The molecule has 0 saturated heterocycles. The van der Waals surface area contributed by atoms with Gasteiger partial charge in [0.05, 0.1) is 7.11 Å². The van der Waals surface area contributed by atoms with Crippen molar-refractivity contribution in [3.63, 3.8) is 0 Å². The van der Waals surface area contributed by atoms with Crippen molar-refractivity contribution in [1.82, 2.24) is 15.0 Å². The van der Waals surface area contributed by atoms with E-state index in [0.29, 0.717) is 0 Å². The van der Waals surface area contributed by atoms with Gasteiger partial charge in [-0.1, -0.05) is 18.3 Å². The van der Waals surface area contributed by atoms with Gasteiger partial charge >= 0.3 is 0 Å². The maximum absolute atomic E-state index is 5.34. The van der Waals surface area contributed by atoms with Crippen LogP contribution in [0.1, 0.15) is 5.69 Å². The topological polar surface area (TPSA) is 66.0 Å². The second-order valence-corrected chi connectivity index (χ2v) is 4.99. The molecule has 2 rings (SSSR count). The third-order valence-corrected chi connectivity index (χ3v) is 3.40. The van der Waals surface area contributed by atoms with Crippen LogP contribution in [0.25, 0.3) is 16.2 Å². The molecule has 5 nitrogen and oxygen atoms in total. The van der Waals surface area contributed by atoms with Crippen LogP contribution in [-0.2, 0) is 7.05 Å². The highest BCUT2D eigenvalue weighted by Crippen LogP contribution is 2.32. The molecule has 0 spiro atoms. The normalized spacial score (nSPS) is 10.9. The van der Waals surface area contributed by atoms with Gasteiger partial charge in [-0.05, 0) is 29.7 Å². The molecular weight excluding hydrogens is 272 g/mol. The first kappa shape index (κ1) is 14.2. The number of aryl methyl sites for hydroxylation is 1. The second-order valence-electron chi connectivity index (χ2n) is 3.98. The first-order chi connectivity index (χ1) is 9.65. The number of benzene rings is 1. The largest absolute Gasteiger partial charge is 0.497 e. The van der Waals surface area contributed by atoms with Gasteiger partial charge in [-0.15, -0.1) is 0 Å². The Morgan fingerprint density at radius 2 is 2.05 bits per heavy atom. The molecule has 0 aliphatic carbocycles. The lowest BCUT2D eigenvalue weighted by Crippen LogP contribution is -1.92. The van der Waals surface area contributed by atoms with Gasteiger partial charge in [0.15, 0.2) is 0 Å². The molecule has 1 aromatic heterocycles. The average Bonchev–Trinajstić information content (AvgIpc) is 2.87. The Labute approximate surface area is 122 Å². The summed E-state index contributed by atoms with van der Waals surface area (Å²) in [6, 6.07) is 7.68. The number of methoxy groups -OCH3 is 1. The fraction of sp³-hybridized carbons (Fsp3) is 0.143. The molecule has 2 aromatic rings. The van der Waals surface area contributed by atoms with Gasteiger partial charge in [-0.25, -0.2) is 0 Å². The lowest BCUT2D eigenvalue weighted by atomic mass is 10.1. The van der Waals surface area contributed by atoms with Crippen molar-refractivity contribution in [1.29, 1.82) is 0 Å². The van der Waals surface area contributed by atoms with Gasteiger partial charge < -0.3 is 10.5 Å². The fourth-order valence-electron chi connectivity index (χ4n) is 1.71. The maximum Gasteiger partial charge on any atom is 0.127 e. The Bertz CT molecular complexity index is 631. The number of nitrogens with two attached hydrogens (primary N) is 1. The first-order valence-corrected chi connectivity index (χ1v) is 6.82. The van der Waals surface area contributed by atoms with E-state index in [1.54, 1.807) is 19.6 Å². The minimum Gasteiger partial charge on any atom is -0.497 e. The summed E-state index contributed by atoms with van der Waals surface area (Å²) in [7, 11) is 3.42. The zero-order chi connectivity index (χ0) is 14.5. The molecule has 0 saturated carbocycles. The van der Waals surface area contributed by atoms with E-state index in [9.17, 15) is 0 Å². The molecule has 20 heavy (non-hydrogen) atoms. The molecule has 0 aliphatic rings. The molecule has 0 amide bonds. The lowest BCUT2D eigenvalue weighted by Gasteiger charge is -2.03. The number of hydrogen-bond acceptors (Lipinski definition) is 5. The summed E-state index contributed by atoms with van der Waals surface area (Å²) < 4.78 is 5.16. The summed E-state index contributed by atoms with van der Waals surface area (Å²) in [6.07, 6.45) is 1.47. The molecule has 0 aliphatic heterocycles. The van der Waals surface area contributed by atoms with Gasteiger partial charge in [0.25, 0.3) is 0 Å². The van der Waals surface area contributed by atoms with Crippen LogP contribution in [0.3, 0.4) is 0 Å². The second kappa shape index (κ2) is 6.29. The van der Waals surface area contributed by atoms with E-state index in [-0.39, 0.29) is 0 Å². The van der Waals surface area contributed by atoms with Crippen molar-refractivity contribution in [2.24, 2.45) is 12.8 Å². The van der Waals surface area contributed by atoms with Gasteiger partial charge in [0.2, 0.25) is 0 Å². The van der Waals surface area contributed by atoms with Gasteiger partial charge in [-0.3, -0.25) is 0 Å². The van der Waals surface area contributed by atoms with Crippen molar-refractivity contribution in [2.45, 2.75) is 0 Å². The zero-order valence-electron chi connectivity index (χ0n) is 11.4. The van der Waals surface area contributed by atoms with E-state index in [1.807, 2.05) is 24.3 Å². The minimum absolute atomic E-state index is 0.751. The average molecular weight is 288 g/mol. The van der Waals surface area contributed by atoms with Crippen molar-refractivity contribution in [2.75, 3.05) is 7.11 Å². The highest BCUT2D eigenvalue weighted by molar-refractivity contribution is 8.10. The van der Waals surface area contributed by atoms with Crippen molar-refractivity contribution in [3.05, 3.63) is 48.1 Å². The Hall–Kier alpha value is -2.21. The molecule has 0 atom stereocenters. The Morgan fingerprint density at radius 3 is 2.65 bits per heavy atom. The van der Waals surface area contributed by atoms with Crippen LogP contribution >= 0.6 is 11.8 Å². The summed E-state index contributed by atoms with van der Waals surface area (Å²) >= 11 is 1.42. The third kappa shape index (κ3) is 3.03. The van der Waals surface area contributed by atoms with E-state index < -0.39 is 0 Å².